The number of hydrogen-bond acceptors (Lipinski definition) is 3. The van der Waals surface area contributed by atoms with Gasteiger partial charge in [-0.3, -0.25) is 4.79 Å². The second kappa shape index (κ2) is 3.44. The van der Waals surface area contributed by atoms with Crippen LogP contribution in [-0.4, -0.2) is 10.9 Å². The van der Waals surface area contributed by atoms with Gasteiger partial charge in [-0.15, -0.1) is 0 Å². The van der Waals surface area contributed by atoms with Crippen LogP contribution in [0.4, 0.5) is 0 Å². The molecule has 0 amide bonds. The summed E-state index contributed by atoms with van der Waals surface area (Å²) < 4.78 is 5.35. The van der Waals surface area contributed by atoms with Crippen molar-refractivity contribution in [1.82, 2.24) is 5.16 Å². The fraction of sp³-hybridized carbons (Fsp3) is 0.385. The lowest BCUT2D eigenvalue weighted by Gasteiger charge is -2.13. The van der Waals surface area contributed by atoms with Gasteiger partial charge in [0, 0.05) is 16.4 Å². The predicted molar refractivity (Wildman–Crippen MR) is 62.7 cm³/mol. The molecule has 0 radical (unpaired) electrons. The highest BCUT2D eigenvalue weighted by Crippen LogP contribution is 2.30. The summed E-state index contributed by atoms with van der Waals surface area (Å²) in [6, 6.07) is 5.46. The number of benzene rings is 1. The van der Waals surface area contributed by atoms with E-state index >= 15 is 0 Å². The molecule has 84 valence electrons. The van der Waals surface area contributed by atoms with Crippen LogP contribution in [0.15, 0.2) is 22.7 Å². The zero-order valence-corrected chi connectivity index (χ0v) is 10.00. The first-order valence-electron chi connectivity index (χ1n) is 5.30. The van der Waals surface area contributed by atoms with Crippen LogP contribution in [0.25, 0.3) is 10.9 Å². The van der Waals surface area contributed by atoms with E-state index in [-0.39, 0.29) is 11.2 Å². The molecule has 0 saturated carbocycles. The summed E-state index contributed by atoms with van der Waals surface area (Å²) in [5, 5.41) is 4.93. The van der Waals surface area contributed by atoms with Crippen LogP contribution in [0, 0.1) is 0 Å². The van der Waals surface area contributed by atoms with E-state index in [9.17, 15) is 4.79 Å². The maximum atomic E-state index is 11.3. The summed E-state index contributed by atoms with van der Waals surface area (Å²) >= 11 is 0. The zero-order valence-electron chi connectivity index (χ0n) is 10.00. The molecule has 3 nitrogen and oxygen atoms in total. The Bertz CT molecular complexity index is 547. The molecule has 1 aromatic carbocycles. The summed E-state index contributed by atoms with van der Waals surface area (Å²) in [5.41, 5.74) is 1.39. The van der Waals surface area contributed by atoms with Gasteiger partial charge in [0.15, 0.2) is 5.78 Å². The van der Waals surface area contributed by atoms with Crippen LogP contribution in [0.3, 0.4) is 0 Å². The van der Waals surface area contributed by atoms with E-state index in [4.69, 9.17) is 4.52 Å². The van der Waals surface area contributed by atoms with Gasteiger partial charge >= 0.3 is 0 Å². The highest BCUT2D eigenvalue weighted by molar-refractivity contribution is 5.98. The molecule has 1 heterocycles. The van der Waals surface area contributed by atoms with E-state index in [1.807, 2.05) is 12.1 Å². The largest absolute Gasteiger partial charge is 0.360 e. The Labute approximate surface area is 94.4 Å². The van der Waals surface area contributed by atoms with Crippen LogP contribution in [0.2, 0.25) is 0 Å². The average Bonchev–Trinajstić information content (AvgIpc) is 2.58. The van der Waals surface area contributed by atoms with Gasteiger partial charge in [-0.25, -0.2) is 0 Å². The number of ketones is 1. The minimum Gasteiger partial charge on any atom is -0.360 e. The Morgan fingerprint density at radius 3 is 2.56 bits per heavy atom. The van der Waals surface area contributed by atoms with Crippen molar-refractivity contribution < 1.29 is 9.32 Å². The Balaban J connectivity index is 2.70. The van der Waals surface area contributed by atoms with Crippen LogP contribution >= 0.6 is 0 Å². The van der Waals surface area contributed by atoms with Gasteiger partial charge in [0.05, 0.1) is 0 Å². The first-order valence-corrected chi connectivity index (χ1v) is 5.30. The molecule has 0 bridgehead atoms. The quantitative estimate of drug-likeness (QED) is 0.688. The van der Waals surface area contributed by atoms with E-state index < -0.39 is 0 Å². The molecule has 0 fully saturated rings. The number of Topliss-reactive ketones (excluding diaryl/α,β-unsaturated/α-hetero) is 1. The summed E-state index contributed by atoms with van der Waals surface area (Å²) in [7, 11) is 0. The van der Waals surface area contributed by atoms with Crippen molar-refractivity contribution in [3.63, 3.8) is 0 Å². The summed E-state index contributed by atoms with van der Waals surface area (Å²) in [6.07, 6.45) is 0. The molecule has 0 N–H and O–H groups in total. The minimum absolute atomic E-state index is 0.0583. The Morgan fingerprint density at radius 2 is 2.00 bits per heavy atom. The molecule has 2 aromatic rings. The highest BCUT2D eigenvalue weighted by atomic mass is 16.5. The maximum Gasteiger partial charge on any atom is 0.159 e. The minimum atomic E-state index is -0.107. The van der Waals surface area contributed by atoms with Gasteiger partial charge in [-0.1, -0.05) is 25.9 Å². The molecule has 0 unspecified atom stereocenters. The van der Waals surface area contributed by atoms with E-state index in [1.54, 1.807) is 13.0 Å². The fourth-order valence-electron chi connectivity index (χ4n) is 1.70. The van der Waals surface area contributed by atoms with Crippen LogP contribution < -0.4 is 0 Å². The highest BCUT2D eigenvalue weighted by Gasteiger charge is 2.22. The van der Waals surface area contributed by atoms with Gasteiger partial charge in [-0.2, -0.15) is 0 Å². The molecule has 2 rings (SSSR count). The topological polar surface area (TPSA) is 43.1 Å². The van der Waals surface area contributed by atoms with Crippen LogP contribution in [0.5, 0.6) is 0 Å². The first kappa shape index (κ1) is 10.9. The standard InChI is InChI=1S/C13H15NO2/c1-8(15)9-5-6-11-10(7-9)12(16-14-11)13(2,3)4/h5-7H,1-4H3. The number of carbonyl (C=O) groups is 1. The van der Waals surface area contributed by atoms with Gasteiger partial charge < -0.3 is 4.52 Å². The third-order valence-corrected chi connectivity index (χ3v) is 2.56. The van der Waals surface area contributed by atoms with Crippen molar-refractivity contribution >= 4 is 16.7 Å². The van der Waals surface area contributed by atoms with Crippen molar-refractivity contribution in [2.45, 2.75) is 33.1 Å². The molecule has 0 aliphatic heterocycles. The Hall–Kier alpha value is -1.64. The van der Waals surface area contributed by atoms with Crippen molar-refractivity contribution in [3.05, 3.63) is 29.5 Å². The first-order chi connectivity index (χ1) is 7.39. The lowest BCUT2D eigenvalue weighted by atomic mass is 9.90. The average molecular weight is 217 g/mol. The molecule has 0 spiro atoms. The van der Waals surface area contributed by atoms with Gasteiger partial charge in [0.25, 0.3) is 0 Å². The lowest BCUT2D eigenvalue weighted by molar-refractivity contribution is 0.101. The normalized spacial score (nSPS) is 12.0. The smallest absolute Gasteiger partial charge is 0.159 e. The number of nitrogens with zero attached hydrogens (tertiary/aromatic N) is 1. The predicted octanol–water partition coefficient (Wildman–Crippen LogP) is 3.33. The number of carbonyl (C=O) groups excluding carboxylic acids is 1. The zero-order chi connectivity index (χ0) is 11.9. The number of aromatic nitrogens is 1. The van der Waals surface area contributed by atoms with E-state index in [1.165, 1.54) is 0 Å². The van der Waals surface area contributed by atoms with Crippen molar-refractivity contribution in [2.75, 3.05) is 0 Å². The second-order valence-electron chi connectivity index (χ2n) is 5.05. The monoisotopic (exact) mass is 217 g/mol. The van der Waals surface area contributed by atoms with Crippen LogP contribution in [-0.2, 0) is 5.41 Å². The maximum absolute atomic E-state index is 11.3. The molecule has 0 saturated heterocycles. The number of hydrogen-bond donors (Lipinski definition) is 0. The van der Waals surface area contributed by atoms with Crippen molar-refractivity contribution in [3.8, 4) is 0 Å². The van der Waals surface area contributed by atoms with Crippen LogP contribution in [0.1, 0.15) is 43.8 Å². The molecule has 16 heavy (non-hydrogen) atoms. The van der Waals surface area contributed by atoms with E-state index in [0.29, 0.717) is 5.56 Å². The van der Waals surface area contributed by atoms with Crippen molar-refractivity contribution in [2.24, 2.45) is 0 Å². The lowest BCUT2D eigenvalue weighted by Crippen LogP contribution is -2.10. The molecule has 0 aliphatic carbocycles. The third-order valence-electron chi connectivity index (χ3n) is 2.56. The van der Waals surface area contributed by atoms with E-state index in [0.717, 1.165) is 16.7 Å². The molecule has 0 atom stereocenters. The molecule has 0 aliphatic rings. The number of rotatable bonds is 1. The Kier molecular flexibility index (Phi) is 2.34. The fourth-order valence-corrected chi connectivity index (χ4v) is 1.70. The van der Waals surface area contributed by atoms with Gasteiger partial charge in [0.2, 0.25) is 0 Å². The second-order valence-corrected chi connectivity index (χ2v) is 5.05. The summed E-state index contributed by atoms with van der Waals surface area (Å²) in [4.78, 5) is 11.3. The number of fused-ring (bicyclic) bond motifs is 1. The summed E-state index contributed by atoms with van der Waals surface area (Å²) in [6.45, 7) is 7.75. The van der Waals surface area contributed by atoms with Crippen molar-refractivity contribution in [1.29, 1.82) is 0 Å². The van der Waals surface area contributed by atoms with E-state index in [2.05, 4.69) is 25.9 Å². The Morgan fingerprint density at radius 1 is 1.31 bits per heavy atom. The van der Waals surface area contributed by atoms with Gasteiger partial charge in [0.1, 0.15) is 11.3 Å². The molecule has 1 aromatic heterocycles. The third kappa shape index (κ3) is 1.73. The molecular weight excluding hydrogens is 202 g/mol. The molecule has 3 heteroatoms. The van der Waals surface area contributed by atoms with Gasteiger partial charge in [-0.05, 0) is 25.1 Å². The SMILES string of the molecule is CC(=O)c1ccc2noc(C(C)(C)C)c2c1. The summed E-state index contributed by atoms with van der Waals surface area (Å²) in [5.74, 6) is 0.883. The molecular formula is C13H15NO2.